The van der Waals surface area contributed by atoms with Gasteiger partial charge in [0, 0.05) is 43.9 Å². The lowest BCUT2D eigenvalue weighted by Gasteiger charge is -2.36. The van der Waals surface area contributed by atoms with E-state index in [2.05, 4.69) is 6.07 Å². The van der Waals surface area contributed by atoms with Crippen molar-refractivity contribution in [1.29, 1.82) is 5.26 Å². The van der Waals surface area contributed by atoms with Crippen LogP contribution in [0.1, 0.15) is 34.3 Å². The van der Waals surface area contributed by atoms with E-state index in [0.717, 1.165) is 16.9 Å². The molecule has 0 N–H and O–H groups in total. The zero-order valence-corrected chi connectivity index (χ0v) is 22.7. The highest BCUT2D eigenvalue weighted by atomic mass is 16.5. The van der Waals surface area contributed by atoms with Crippen molar-refractivity contribution >= 4 is 35.2 Å². The summed E-state index contributed by atoms with van der Waals surface area (Å²) in [5, 5.41) is 10.8. The minimum Gasteiger partial charge on any atom is -0.468 e. The maximum absolute atomic E-state index is 14.5. The van der Waals surface area contributed by atoms with Crippen molar-refractivity contribution in [2.75, 3.05) is 31.0 Å². The molecule has 0 amide bonds. The average Bonchev–Trinajstić information content (AvgIpc) is 3.28. The molecule has 1 saturated heterocycles. The van der Waals surface area contributed by atoms with Gasteiger partial charge in [-0.25, -0.2) is 0 Å². The van der Waals surface area contributed by atoms with Crippen LogP contribution in [0.5, 0.6) is 5.75 Å². The number of ketones is 1. The first kappa shape index (κ1) is 26.7. The molecule has 2 aliphatic heterocycles. The van der Waals surface area contributed by atoms with E-state index in [-0.39, 0.29) is 5.78 Å². The van der Waals surface area contributed by atoms with Crippen LogP contribution in [-0.4, -0.2) is 51.0 Å². The van der Waals surface area contributed by atoms with Crippen LogP contribution in [0, 0.1) is 16.7 Å². The van der Waals surface area contributed by atoms with Crippen LogP contribution in [0.3, 0.4) is 0 Å². The fourth-order valence-corrected chi connectivity index (χ4v) is 5.91. The summed E-state index contributed by atoms with van der Waals surface area (Å²) in [6.07, 6.45) is 3.71. The van der Waals surface area contributed by atoms with E-state index >= 15 is 0 Å². The van der Waals surface area contributed by atoms with Crippen molar-refractivity contribution < 1.29 is 23.9 Å². The van der Waals surface area contributed by atoms with E-state index in [1.54, 1.807) is 24.3 Å². The zero-order chi connectivity index (χ0) is 28.6. The highest BCUT2D eigenvalue weighted by Gasteiger charge is 2.67. The Morgan fingerprint density at radius 3 is 2.25 bits per heavy atom. The molecule has 0 saturated carbocycles. The molecule has 202 valence electrons. The molecule has 0 bridgehead atoms. The summed E-state index contributed by atoms with van der Waals surface area (Å²) in [5.41, 5.74) is 1.89. The monoisotopic (exact) mass is 535 g/mol. The van der Waals surface area contributed by atoms with Gasteiger partial charge in [-0.1, -0.05) is 42.5 Å². The lowest BCUT2D eigenvalue weighted by Crippen LogP contribution is -2.46. The summed E-state index contributed by atoms with van der Waals surface area (Å²) in [6, 6.07) is 22.1. The fourth-order valence-electron chi connectivity index (χ4n) is 5.91. The summed E-state index contributed by atoms with van der Waals surface area (Å²) in [5.74, 6) is -1.98. The summed E-state index contributed by atoms with van der Waals surface area (Å²) in [4.78, 5) is 43.4. The number of esters is 2. The smallest absolute Gasteiger partial charge is 0.329 e. The third-order valence-electron chi connectivity index (χ3n) is 7.69. The standard InChI is InChI=1S/C32H29N3O5/c1-20(36)40-25-16-11-23(12-17-25)30(37)29-28(22-9-14-24(15-10-22)34(2)3)32(19-33,31(38)39-4)27-18-13-21-7-5-6-8-26(21)35(27)29/h5-18,27-29H,1-4H3/t27-,28-,29+,32-/m1/s1. The molecular weight excluding hydrogens is 506 g/mol. The first-order valence-electron chi connectivity index (χ1n) is 12.9. The van der Waals surface area contributed by atoms with Crippen LogP contribution in [-0.2, 0) is 14.3 Å². The van der Waals surface area contributed by atoms with Crippen molar-refractivity contribution in [1.82, 2.24) is 0 Å². The van der Waals surface area contributed by atoms with Gasteiger partial charge >= 0.3 is 11.9 Å². The SMILES string of the molecule is COC(=O)[C@@]1(C#N)[C@H](c2ccc(N(C)C)cc2)[C@@H](C(=O)c2ccc(OC(C)=O)cc2)N2c3ccccc3C=C[C@@H]21. The van der Waals surface area contributed by atoms with Crippen LogP contribution in [0.15, 0.2) is 78.9 Å². The Morgan fingerprint density at radius 2 is 1.65 bits per heavy atom. The number of carbonyl (C=O) groups is 3. The van der Waals surface area contributed by atoms with Crippen molar-refractivity contribution in [3.8, 4) is 11.8 Å². The van der Waals surface area contributed by atoms with Crippen LogP contribution in [0.4, 0.5) is 11.4 Å². The topological polar surface area (TPSA) is 99.9 Å². The molecule has 2 aliphatic rings. The molecule has 0 radical (unpaired) electrons. The lowest BCUT2D eigenvalue weighted by molar-refractivity contribution is -0.150. The molecule has 0 unspecified atom stereocenters. The molecule has 8 heteroatoms. The molecule has 0 spiro atoms. The van der Waals surface area contributed by atoms with Gasteiger partial charge in [0.05, 0.1) is 19.2 Å². The Morgan fingerprint density at radius 1 is 0.975 bits per heavy atom. The Bertz CT molecular complexity index is 1540. The number of hydrogen-bond donors (Lipinski definition) is 0. The number of rotatable bonds is 6. The van der Waals surface area contributed by atoms with Gasteiger partial charge in [-0.15, -0.1) is 0 Å². The third-order valence-corrected chi connectivity index (χ3v) is 7.69. The molecule has 2 heterocycles. The Kier molecular flexibility index (Phi) is 6.90. The predicted molar refractivity (Wildman–Crippen MR) is 151 cm³/mol. The molecule has 40 heavy (non-hydrogen) atoms. The van der Waals surface area contributed by atoms with Gasteiger partial charge in [0.25, 0.3) is 0 Å². The number of para-hydroxylation sites is 1. The van der Waals surface area contributed by atoms with Crippen molar-refractivity contribution in [2.45, 2.75) is 24.9 Å². The van der Waals surface area contributed by atoms with Gasteiger partial charge in [-0.2, -0.15) is 5.26 Å². The highest BCUT2D eigenvalue weighted by molar-refractivity contribution is 6.06. The predicted octanol–water partition coefficient (Wildman–Crippen LogP) is 4.61. The molecule has 0 aromatic heterocycles. The molecular formula is C32H29N3O5. The van der Waals surface area contributed by atoms with Crippen LogP contribution in [0.25, 0.3) is 6.08 Å². The maximum Gasteiger partial charge on any atom is 0.329 e. The first-order valence-corrected chi connectivity index (χ1v) is 12.9. The van der Waals surface area contributed by atoms with E-state index < -0.39 is 35.4 Å². The normalized spacial score (nSPS) is 22.5. The van der Waals surface area contributed by atoms with Crippen molar-refractivity contribution in [2.24, 2.45) is 5.41 Å². The van der Waals surface area contributed by atoms with Gasteiger partial charge < -0.3 is 19.3 Å². The largest absolute Gasteiger partial charge is 0.468 e. The molecule has 5 rings (SSSR count). The fraction of sp³-hybridized carbons (Fsp3) is 0.250. The van der Waals surface area contributed by atoms with Gasteiger partial charge in [0.2, 0.25) is 0 Å². The van der Waals surface area contributed by atoms with E-state index in [0.29, 0.717) is 16.9 Å². The molecule has 0 aliphatic carbocycles. The molecule has 1 fully saturated rings. The minimum absolute atomic E-state index is 0.271. The van der Waals surface area contributed by atoms with Gasteiger partial charge in [0.15, 0.2) is 11.2 Å². The number of benzene rings is 3. The number of nitrogens with zero attached hydrogens (tertiary/aromatic N) is 3. The van der Waals surface area contributed by atoms with Gasteiger partial charge in [0.1, 0.15) is 11.8 Å². The third kappa shape index (κ3) is 4.20. The van der Waals surface area contributed by atoms with Crippen LogP contribution >= 0.6 is 0 Å². The van der Waals surface area contributed by atoms with Crippen molar-refractivity contribution in [3.63, 3.8) is 0 Å². The van der Waals surface area contributed by atoms with E-state index in [4.69, 9.17) is 9.47 Å². The van der Waals surface area contributed by atoms with E-state index in [9.17, 15) is 19.6 Å². The number of ether oxygens (including phenoxy) is 2. The number of anilines is 2. The number of fused-ring (bicyclic) bond motifs is 3. The minimum atomic E-state index is -1.71. The lowest BCUT2D eigenvalue weighted by atomic mass is 9.68. The maximum atomic E-state index is 14.5. The number of hydrogen-bond acceptors (Lipinski definition) is 8. The van der Waals surface area contributed by atoms with Crippen LogP contribution in [0.2, 0.25) is 0 Å². The van der Waals surface area contributed by atoms with Gasteiger partial charge in [-0.3, -0.25) is 14.4 Å². The summed E-state index contributed by atoms with van der Waals surface area (Å²) >= 11 is 0. The Balaban J connectivity index is 1.74. The Hall–Kier alpha value is -4.90. The number of Topliss-reactive ketones (excluding diaryl/α,β-unsaturated/α-hetero) is 1. The molecule has 8 nitrogen and oxygen atoms in total. The zero-order valence-electron chi connectivity index (χ0n) is 22.7. The molecule has 4 atom stereocenters. The number of nitriles is 1. The van der Waals surface area contributed by atoms with Crippen LogP contribution < -0.4 is 14.5 Å². The summed E-state index contributed by atoms with van der Waals surface area (Å²) < 4.78 is 10.4. The number of methoxy groups -OCH3 is 1. The molecule has 3 aromatic carbocycles. The van der Waals surface area contributed by atoms with Crippen molar-refractivity contribution in [3.05, 3.63) is 95.6 Å². The summed E-state index contributed by atoms with van der Waals surface area (Å²) in [7, 11) is 5.11. The first-order chi connectivity index (χ1) is 19.2. The molecule has 3 aromatic rings. The quantitative estimate of drug-likeness (QED) is 0.256. The van der Waals surface area contributed by atoms with Gasteiger partial charge in [-0.05, 0) is 53.6 Å². The number of carbonyl (C=O) groups excluding carboxylic acids is 3. The van der Waals surface area contributed by atoms with E-state index in [1.807, 2.05) is 84.6 Å². The second-order valence-corrected chi connectivity index (χ2v) is 10.1. The second-order valence-electron chi connectivity index (χ2n) is 10.1. The summed E-state index contributed by atoms with van der Waals surface area (Å²) in [6.45, 7) is 1.31. The second kappa shape index (κ2) is 10.3. The Labute approximate surface area is 233 Å². The van der Waals surface area contributed by atoms with E-state index in [1.165, 1.54) is 14.0 Å². The highest BCUT2D eigenvalue weighted by Crippen LogP contribution is 2.56. The average molecular weight is 536 g/mol.